The van der Waals surface area contributed by atoms with Gasteiger partial charge in [-0.15, -0.1) is 0 Å². The molecule has 0 aliphatic carbocycles. The molecule has 0 aromatic heterocycles. The summed E-state index contributed by atoms with van der Waals surface area (Å²) in [5.41, 5.74) is 7.09. The van der Waals surface area contributed by atoms with E-state index in [0.717, 1.165) is 0 Å². The SMILES string of the molecule is C[C@H](NC(=O)c1ccc(Cl)cc1N)c1cccc(F)c1. The van der Waals surface area contributed by atoms with E-state index >= 15 is 0 Å². The number of nitrogens with one attached hydrogen (secondary N) is 1. The lowest BCUT2D eigenvalue weighted by molar-refractivity contribution is 0.0940. The van der Waals surface area contributed by atoms with Crippen LogP contribution in [0.1, 0.15) is 28.9 Å². The first-order valence-corrected chi connectivity index (χ1v) is 6.46. The molecule has 2 aromatic carbocycles. The summed E-state index contributed by atoms with van der Waals surface area (Å²) in [6.07, 6.45) is 0. The number of hydrogen-bond acceptors (Lipinski definition) is 2. The molecule has 0 unspecified atom stereocenters. The van der Waals surface area contributed by atoms with Crippen LogP contribution in [0.25, 0.3) is 0 Å². The monoisotopic (exact) mass is 292 g/mol. The molecule has 104 valence electrons. The van der Waals surface area contributed by atoms with Gasteiger partial charge in [-0.1, -0.05) is 23.7 Å². The average Bonchev–Trinajstić information content (AvgIpc) is 2.38. The van der Waals surface area contributed by atoms with Gasteiger partial charge >= 0.3 is 0 Å². The van der Waals surface area contributed by atoms with Gasteiger partial charge in [0.2, 0.25) is 0 Å². The molecule has 0 heterocycles. The maximum Gasteiger partial charge on any atom is 0.253 e. The van der Waals surface area contributed by atoms with E-state index in [1.165, 1.54) is 18.2 Å². The fraction of sp³-hybridized carbons (Fsp3) is 0.133. The summed E-state index contributed by atoms with van der Waals surface area (Å²) >= 11 is 5.79. The van der Waals surface area contributed by atoms with E-state index in [1.54, 1.807) is 31.2 Å². The molecule has 2 aromatic rings. The zero-order chi connectivity index (χ0) is 14.7. The first-order valence-electron chi connectivity index (χ1n) is 6.08. The Morgan fingerprint density at radius 3 is 2.70 bits per heavy atom. The molecule has 0 bridgehead atoms. The number of amides is 1. The second-order valence-electron chi connectivity index (χ2n) is 4.48. The van der Waals surface area contributed by atoms with Crippen molar-refractivity contribution in [3.05, 3.63) is 64.4 Å². The first kappa shape index (κ1) is 14.3. The molecule has 0 fully saturated rings. The number of benzene rings is 2. The summed E-state index contributed by atoms with van der Waals surface area (Å²) in [6.45, 7) is 1.78. The third-order valence-electron chi connectivity index (χ3n) is 2.95. The average molecular weight is 293 g/mol. The standard InChI is InChI=1S/C15H14ClFN2O/c1-9(10-3-2-4-12(17)7-10)19-15(20)13-6-5-11(16)8-14(13)18/h2-9H,18H2,1H3,(H,19,20)/t9-/m0/s1. The van der Waals surface area contributed by atoms with Gasteiger partial charge in [0.1, 0.15) is 5.82 Å². The second kappa shape index (κ2) is 5.92. The van der Waals surface area contributed by atoms with E-state index in [2.05, 4.69) is 5.32 Å². The van der Waals surface area contributed by atoms with Crippen molar-refractivity contribution in [2.45, 2.75) is 13.0 Å². The van der Waals surface area contributed by atoms with Crippen LogP contribution in [0.2, 0.25) is 5.02 Å². The highest BCUT2D eigenvalue weighted by molar-refractivity contribution is 6.31. The molecule has 0 aliphatic rings. The van der Waals surface area contributed by atoms with E-state index in [9.17, 15) is 9.18 Å². The van der Waals surface area contributed by atoms with Gasteiger partial charge < -0.3 is 11.1 Å². The number of anilines is 1. The maximum atomic E-state index is 13.1. The van der Waals surface area contributed by atoms with Crippen LogP contribution < -0.4 is 11.1 Å². The van der Waals surface area contributed by atoms with Gasteiger partial charge in [-0.2, -0.15) is 0 Å². The normalized spacial score (nSPS) is 11.9. The Bertz CT molecular complexity index is 646. The molecule has 1 amide bonds. The zero-order valence-corrected chi connectivity index (χ0v) is 11.6. The molecular weight excluding hydrogens is 279 g/mol. The minimum absolute atomic E-state index is 0.307. The van der Waals surface area contributed by atoms with Crippen LogP contribution in [-0.4, -0.2) is 5.91 Å². The Kier molecular flexibility index (Phi) is 4.25. The van der Waals surface area contributed by atoms with Crippen LogP contribution in [-0.2, 0) is 0 Å². The molecule has 5 heteroatoms. The lowest BCUT2D eigenvalue weighted by Gasteiger charge is -2.15. The lowest BCUT2D eigenvalue weighted by Crippen LogP contribution is -2.27. The molecule has 2 rings (SSSR count). The van der Waals surface area contributed by atoms with E-state index < -0.39 is 0 Å². The third kappa shape index (κ3) is 3.27. The molecule has 0 radical (unpaired) electrons. The first-order chi connectivity index (χ1) is 9.47. The van der Waals surface area contributed by atoms with Crippen LogP contribution in [0.4, 0.5) is 10.1 Å². The Morgan fingerprint density at radius 1 is 1.30 bits per heavy atom. The number of hydrogen-bond donors (Lipinski definition) is 2. The van der Waals surface area contributed by atoms with E-state index in [1.807, 2.05) is 0 Å². The van der Waals surface area contributed by atoms with E-state index in [0.29, 0.717) is 21.8 Å². The predicted octanol–water partition coefficient (Wildman–Crippen LogP) is 3.55. The topological polar surface area (TPSA) is 55.1 Å². The van der Waals surface area contributed by atoms with Crippen LogP contribution in [0.15, 0.2) is 42.5 Å². The molecule has 0 spiro atoms. The van der Waals surface area contributed by atoms with Crippen LogP contribution in [0.3, 0.4) is 0 Å². The molecule has 0 aliphatic heterocycles. The fourth-order valence-corrected chi connectivity index (χ4v) is 2.05. The summed E-state index contributed by atoms with van der Waals surface area (Å²) < 4.78 is 13.1. The van der Waals surface area contributed by atoms with Gasteiger partial charge in [-0.05, 0) is 42.8 Å². The lowest BCUT2D eigenvalue weighted by atomic mass is 10.1. The number of nitrogens with two attached hydrogens (primary N) is 1. The maximum absolute atomic E-state index is 13.1. The van der Waals surface area contributed by atoms with Gasteiger partial charge in [0.25, 0.3) is 5.91 Å². The molecule has 20 heavy (non-hydrogen) atoms. The van der Waals surface area contributed by atoms with Crippen molar-refractivity contribution in [1.82, 2.24) is 5.32 Å². The van der Waals surface area contributed by atoms with Crippen molar-refractivity contribution in [3.8, 4) is 0 Å². The molecule has 0 saturated heterocycles. The number of rotatable bonds is 3. The highest BCUT2D eigenvalue weighted by atomic mass is 35.5. The molecule has 3 nitrogen and oxygen atoms in total. The summed E-state index contributed by atoms with van der Waals surface area (Å²) in [7, 11) is 0. The van der Waals surface area contributed by atoms with Gasteiger partial charge in [-0.3, -0.25) is 4.79 Å². The Morgan fingerprint density at radius 2 is 2.05 bits per heavy atom. The van der Waals surface area contributed by atoms with Gasteiger partial charge in [0.05, 0.1) is 11.6 Å². The van der Waals surface area contributed by atoms with Crippen LogP contribution in [0, 0.1) is 5.82 Å². The summed E-state index contributed by atoms with van der Waals surface area (Å²) in [5.74, 6) is -0.662. The van der Waals surface area contributed by atoms with Crippen molar-refractivity contribution in [2.24, 2.45) is 0 Å². The second-order valence-corrected chi connectivity index (χ2v) is 4.92. The van der Waals surface area contributed by atoms with Gasteiger partial charge in [-0.25, -0.2) is 4.39 Å². The van der Waals surface area contributed by atoms with Crippen molar-refractivity contribution < 1.29 is 9.18 Å². The van der Waals surface area contributed by atoms with Crippen LogP contribution in [0.5, 0.6) is 0 Å². The van der Waals surface area contributed by atoms with Crippen LogP contribution >= 0.6 is 11.6 Å². The van der Waals surface area contributed by atoms with E-state index in [4.69, 9.17) is 17.3 Å². The quantitative estimate of drug-likeness (QED) is 0.850. The Labute approximate surface area is 121 Å². The third-order valence-corrected chi connectivity index (χ3v) is 3.19. The fourth-order valence-electron chi connectivity index (χ4n) is 1.87. The molecular formula is C15H14ClFN2O. The molecule has 3 N–H and O–H groups in total. The Balaban J connectivity index is 2.15. The molecule has 0 saturated carbocycles. The predicted molar refractivity (Wildman–Crippen MR) is 78.1 cm³/mol. The highest BCUT2D eigenvalue weighted by Gasteiger charge is 2.14. The molecule has 1 atom stereocenters. The minimum Gasteiger partial charge on any atom is -0.398 e. The summed E-state index contributed by atoms with van der Waals surface area (Å²) in [4.78, 5) is 12.1. The number of nitrogen functional groups attached to an aromatic ring is 1. The summed E-state index contributed by atoms with van der Waals surface area (Å²) in [5, 5.41) is 3.24. The van der Waals surface area contributed by atoms with Gasteiger partial charge in [0, 0.05) is 10.7 Å². The van der Waals surface area contributed by atoms with Crippen molar-refractivity contribution in [2.75, 3.05) is 5.73 Å². The van der Waals surface area contributed by atoms with Crippen molar-refractivity contribution in [3.63, 3.8) is 0 Å². The summed E-state index contributed by atoms with van der Waals surface area (Å²) in [6, 6.07) is 10.4. The Hall–Kier alpha value is -2.07. The zero-order valence-electron chi connectivity index (χ0n) is 10.9. The number of carbonyl (C=O) groups excluding carboxylic acids is 1. The minimum atomic E-state index is -0.338. The van der Waals surface area contributed by atoms with Gasteiger partial charge in [0.15, 0.2) is 0 Å². The largest absolute Gasteiger partial charge is 0.398 e. The van der Waals surface area contributed by atoms with E-state index in [-0.39, 0.29) is 17.8 Å². The van der Waals surface area contributed by atoms with Crippen molar-refractivity contribution >= 4 is 23.2 Å². The number of carbonyl (C=O) groups is 1. The smallest absolute Gasteiger partial charge is 0.253 e. The highest BCUT2D eigenvalue weighted by Crippen LogP contribution is 2.20. The van der Waals surface area contributed by atoms with Crippen molar-refractivity contribution in [1.29, 1.82) is 0 Å². The number of halogens is 2.